The molecule has 1 aliphatic heterocycles. The molecule has 1 aromatic carbocycles. The molecule has 10 nitrogen and oxygen atoms in total. The molecule has 4 aromatic rings. The van der Waals surface area contributed by atoms with Gasteiger partial charge in [0.05, 0.1) is 46.3 Å². The van der Waals surface area contributed by atoms with Gasteiger partial charge in [-0.3, -0.25) is 14.5 Å². The van der Waals surface area contributed by atoms with Crippen molar-refractivity contribution in [2.24, 2.45) is 7.05 Å². The number of nitrogens with zero attached hydrogens (tertiary/aromatic N) is 7. The summed E-state index contributed by atoms with van der Waals surface area (Å²) in [6, 6.07) is 11.7. The molecule has 0 bridgehead atoms. The van der Waals surface area contributed by atoms with Crippen LogP contribution in [-0.2, 0) is 7.05 Å². The van der Waals surface area contributed by atoms with Gasteiger partial charge < -0.3 is 18.8 Å². The number of carbonyl (C=O) groups excluding carboxylic acids is 1. The molecular formula is C29H28ClN7O3. The number of carbonyl (C=O) groups is 1. The number of halogens is 1. The molecule has 1 aliphatic rings. The number of hydrogen-bond donors (Lipinski definition) is 0. The van der Waals surface area contributed by atoms with Crippen molar-refractivity contribution in [1.29, 1.82) is 5.26 Å². The van der Waals surface area contributed by atoms with Crippen LogP contribution in [0.15, 0.2) is 53.6 Å². The fourth-order valence-corrected chi connectivity index (χ4v) is 5.40. The lowest BCUT2D eigenvalue weighted by Crippen LogP contribution is -2.35. The second-order valence-corrected chi connectivity index (χ2v) is 10.5. The molecule has 40 heavy (non-hydrogen) atoms. The van der Waals surface area contributed by atoms with E-state index in [1.807, 2.05) is 27.9 Å². The third-order valence-electron chi connectivity index (χ3n) is 6.92. The monoisotopic (exact) mass is 557 g/mol. The minimum absolute atomic E-state index is 0.0900. The summed E-state index contributed by atoms with van der Waals surface area (Å²) in [6.45, 7) is 4.04. The third kappa shape index (κ3) is 4.28. The van der Waals surface area contributed by atoms with E-state index in [1.165, 1.54) is 21.7 Å². The first-order chi connectivity index (χ1) is 19.1. The van der Waals surface area contributed by atoms with Gasteiger partial charge in [-0.25, -0.2) is 4.98 Å². The number of rotatable bonds is 6. The van der Waals surface area contributed by atoms with Gasteiger partial charge in [0.25, 0.3) is 11.5 Å². The number of aryl methyl sites for hydroxylation is 1. The van der Waals surface area contributed by atoms with Crippen LogP contribution in [0, 0.1) is 11.3 Å². The van der Waals surface area contributed by atoms with Crippen LogP contribution < -0.4 is 20.1 Å². The smallest absolute Gasteiger partial charge is 0.274 e. The number of nitriles is 1. The van der Waals surface area contributed by atoms with Gasteiger partial charge in [0.2, 0.25) is 11.8 Å². The molecule has 0 aliphatic carbocycles. The highest BCUT2D eigenvalue weighted by molar-refractivity contribution is 6.30. The Morgan fingerprint density at radius 3 is 2.42 bits per heavy atom. The van der Waals surface area contributed by atoms with Gasteiger partial charge in [0, 0.05) is 39.6 Å². The van der Waals surface area contributed by atoms with Crippen LogP contribution >= 0.6 is 11.6 Å². The standard InChI is InChI=1S/C29H28ClN7O3/c1-16(2)36-22(21-14-32-29(34(3)4)33-26(21)40-6)12-20-25(36)24(18-9-7-17(13-31)8-10-18)37(27(20)38)23-11-19(30)15-35(5)28(23)39/h7-12,14-16,24H,1-6H3. The van der Waals surface area contributed by atoms with E-state index in [0.29, 0.717) is 44.9 Å². The highest BCUT2D eigenvalue weighted by Gasteiger charge is 2.44. The lowest BCUT2D eigenvalue weighted by molar-refractivity contribution is 0.0993. The molecule has 1 amide bonds. The van der Waals surface area contributed by atoms with E-state index >= 15 is 0 Å². The summed E-state index contributed by atoms with van der Waals surface area (Å²) >= 11 is 6.35. The summed E-state index contributed by atoms with van der Waals surface area (Å²) in [5, 5.41) is 9.70. The molecule has 204 valence electrons. The molecule has 4 heterocycles. The molecule has 11 heteroatoms. The predicted molar refractivity (Wildman–Crippen MR) is 153 cm³/mol. The van der Waals surface area contributed by atoms with Gasteiger partial charge in [0.15, 0.2) is 0 Å². The van der Waals surface area contributed by atoms with Crippen molar-refractivity contribution in [2.45, 2.75) is 25.9 Å². The van der Waals surface area contributed by atoms with Crippen molar-refractivity contribution in [3.8, 4) is 23.2 Å². The molecule has 0 saturated heterocycles. The molecular weight excluding hydrogens is 530 g/mol. The maximum atomic E-state index is 14.2. The number of aromatic nitrogens is 4. The van der Waals surface area contributed by atoms with Gasteiger partial charge in [-0.05, 0) is 43.7 Å². The third-order valence-corrected chi connectivity index (χ3v) is 7.12. The summed E-state index contributed by atoms with van der Waals surface area (Å²) in [6.07, 6.45) is 3.20. The number of anilines is 2. The van der Waals surface area contributed by atoms with E-state index in [9.17, 15) is 14.9 Å². The highest BCUT2D eigenvalue weighted by Crippen LogP contribution is 2.46. The normalized spacial score (nSPS) is 14.4. The van der Waals surface area contributed by atoms with Gasteiger partial charge in [-0.1, -0.05) is 23.7 Å². The Balaban J connectivity index is 1.80. The molecule has 0 spiro atoms. The van der Waals surface area contributed by atoms with E-state index in [-0.39, 0.29) is 23.2 Å². The van der Waals surface area contributed by atoms with Gasteiger partial charge in [-0.15, -0.1) is 0 Å². The molecule has 1 atom stereocenters. The number of benzene rings is 1. The average molecular weight is 558 g/mol. The molecule has 3 aromatic heterocycles. The summed E-state index contributed by atoms with van der Waals surface area (Å²) in [7, 11) is 6.83. The van der Waals surface area contributed by atoms with E-state index in [2.05, 4.69) is 20.6 Å². The zero-order chi connectivity index (χ0) is 28.9. The lowest BCUT2D eigenvalue weighted by Gasteiger charge is -2.29. The quantitative estimate of drug-likeness (QED) is 0.341. The fraction of sp³-hybridized carbons (Fsp3) is 0.276. The van der Waals surface area contributed by atoms with Crippen molar-refractivity contribution in [2.75, 3.05) is 31.0 Å². The van der Waals surface area contributed by atoms with Crippen LogP contribution in [-0.4, -0.2) is 46.2 Å². The van der Waals surface area contributed by atoms with Crippen molar-refractivity contribution in [3.63, 3.8) is 0 Å². The van der Waals surface area contributed by atoms with Gasteiger partial charge in [-0.2, -0.15) is 10.2 Å². The number of pyridine rings is 1. The first kappa shape index (κ1) is 27.0. The van der Waals surface area contributed by atoms with Crippen molar-refractivity contribution < 1.29 is 9.53 Å². The number of hydrogen-bond acceptors (Lipinski definition) is 7. The Bertz CT molecular complexity index is 1730. The Kier molecular flexibility index (Phi) is 6.85. The van der Waals surface area contributed by atoms with Crippen molar-refractivity contribution in [3.05, 3.63) is 86.6 Å². The highest BCUT2D eigenvalue weighted by atomic mass is 35.5. The molecule has 1 unspecified atom stereocenters. The largest absolute Gasteiger partial charge is 0.480 e. The van der Waals surface area contributed by atoms with Crippen LogP contribution in [0.4, 0.5) is 11.6 Å². The maximum Gasteiger partial charge on any atom is 0.274 e. The Hall–Kier alpha value is -4.62. The van der Waals surface area contributed by atoms with Crippen LogP contribution in [0.2, 0.25) is 5.02 Å². The Labute approximate surface area is 236 Å². The summed E-state index contributed by atoms with van der Waals surface area (Å²) in [5.74, 6) is 0.527. The van der Waals surface area contributed by atoms with E-state index in [0.717, 1.165) is 5.56 Å². The molecule has 0 saturated carbocycles. The average Bonchev–Trinajstić information content (AvgIpc) is 3.45. The van der Waals surface area contributed by atoms with Crippen LogP contribution in [0.3, 0.4) is 0 Å². The van der Waals surface area contributed by atoms with E-state index in [4.69, 9.17) is 16.3 Å². The fourth-order valence-electron chi connectivity index (χ4n) is 5.15. The predicted octanol–water partition coefficient (Wildman–Crippen LogP) is 4.57. The molecule has 5 rings (SSSR count). The zero-order valence-electron chi connectivity index (χ0n) is 23.0. The Morgan fingerprint density at radius 2 is 1.82 bits per heavy atom. The summed E-state index contributed by atoms with van der Waals surface area (Å²) in [4.78, 5) is 39.8. The summed E-state index contributed by atoms with van der Waals surface area (Å²) < 4.78 is 9.07. The molecule has 0 fully saturated rings. The topological polar surface area (TPSA) is 109 Å². The number of ether oxygens (including phenoxy) is 1. The van der Waals surface area contributed by atoms with Gasteiger partial charge in [0.1, 0.15) is 11.7 Å². The first-order valence-electron chi connectivity index (χ1n) is 12.6. The van der Waals surface area contributed by atoms with Crippen LogP contribution in [0.1, 0.15) is 53.1 Å². The number of amides is 1. The Morgan fingerprint density at radius 1 is 1.12 bits per heavy atom. The molecule has 0 radical (unpaired) electrons. The first-order valence-corrected chi connectivity index (χ1v) is 13.0. The van der Waals surface area contributed by atoms with Gasteiger partial charge >= 0.3 is 0 Å². The summed E-state index contributed by atoms with van der Waals surface area (Å²) in [5.41, 5.74) is 3.54. The SMILES string of the molecule is COc1nc(N(C)C)ncc1-c1cc2c(n1C(C)C)C(c1ccc(C#N)cc1)N(c1cc(Cl)cn(C)c1=O)C2=O. The minimum Gasteiger partial charge on any atom is -0.480 e. The van der Waals surface area contributed by atoms with Crippen molar-refractivity contribution in [1.82, 2.24) is 19.1 Å². The second kappa shape index (κ2) is 10.2. The molecule has 0 N–H and O–H groups in total. The van der Waals surface area contributed by atoms with Crippen molar-refractivity contribution >= 4 is 29.1 Å². The van der Waals surface area contributed by atoms with Crippen LogP contribution in [0.5, 0.6) is 5.88 Å². The lowest BCUT2D eigenvalue weighted by atomic mass is 10.0. The minimum atomic E-state index is -0.662. The number of methoxy groups -OCH3 is 1. The van der Waals surface area contributed by atoms with E-state index < -0.39 is 6.04 Å². The zero-order valence-corrected chi connectivity index (χ0v) is 23.8. The van der Waals surface area contributed by atoms with Crippen LogP contribution in [0.25, 0.3) is 11.3 Å². The number of fused-ring (bicyclic) bond motifs is 1. The van der Waals surface area contributed by atoms with E-state index in [1.54, 1.807) is 55.6 Å². The maximum absolute atomic E-state index is 14.2. The second-order valence-electron chi connectivity index (χ2n) is 10.1.